The van der Waals surface area contributed by atoms with Gasteiger partial charge in [0.15, 0.2) is 0 Å². The van der Waals surface area contributed by atoms with Crippen molar-refractivity contribution in [2.75, 3.05) is 34.2 Å². The highest BCUT2D eigenvalue weighted by Gasteiger charge is 2.34. The third kappa shape index (κ3) is 5.06. The molecule has 0 radical (unpaired) electrons. The second-order valence-electron chi connectivity index (χ2n) is 5.51. The molecule has 6 nitrogen and oxygen atoms in total. The number of aliphatic carboxylic acids is 1. The highest BCUT2D eigenvalue weighted by atomic mass is 16.4. The van der Waals surface area contributed by atoms with E-state index in [1.807, 2.05) is 14.1 Å². The van der Waals surface area contributed by atoms with Crippen LogP contribution in [0.4, 0.5) is 4.79 Å². The highest BCUT2D eigenvalue weighted by molar-refractivity contribution is 5.77. The minimum Gasteiger partial charge on any atom is -0.481 e. The quantitative estimate of drug-likeness (QED) is 0.750. The fourth-order valence-corrected chi connectivity index (χ4v) is 2.42. The van der Waals surface area contributed by atoms with Gasteiger partial charge >= 0.3 is 12.0 Å². The molecule has 1 rings (SSSR count). The van der Waals surface area contributed by atoms with Crippen molar-refractivity contribution >= 4 is 12.0 Å². The molecule has 19 heavy (non-hydrogen) atoms. The van der Waals surface area contributed by atoms with Crippen molar-refractivity contribution in [3.8, 4) is 0 Å². The predicted octanol–water partition coefficient (Wildman–Crippen LogP) is 0.833. The normalized spacial score (nSPS) is 22.5. The molecule has 0 aromatic carbocycles. The van der Waals surface area contributed by atoms with Crippen LogP contribution in [0.3, 0.4) is 0 Å². The average molecular weight is 271 g/mol. The number of nitrogens with one attached hydrogen (secondary N) is 1. The van der Waals surface area contributed by atoms with Gasteiger partial charge in [-0.3, -0.25) is 4.79 Å². The number of amides is 2. The molecule has 0 aromatic heterocycles. The molecular formula is C13H25N3O3. The van der Waals surface area contributed by atoms with E-state index in [2.05, 4.69) is 10.2 Å². The monoisotopic (exact) mass is 271 g/mol. The van der Waals surface area contributed by atoms with Crippen molar-refractivity contribution in [3.05, 3.63) is 0 Å². The zero-order valence-corrected chi connectivity index (χ0v) is 12.1. The first-order valence-electron chi connectivity index (χ1n) is 6.81. The number of carbonyl (C=O) groups is 2. The lowest BCUT2D eigenvalue weighted by molar-refractivity contribution is -0.142. The lowest BCUT2D eigenvalue weighted by Crippen LogP contribution is -2.46. The van der Waals surface area contributed by atoms with E-state index in [0.29, 0.717) is 13.0 Å². The maximum absolute atomic E-state index is 12.0. The Labute approximate surface area is 114 Å². The van der Waals surface area contributed by atoms with E-state index in [1.165, 1.54) is 0 Å². The Morgan fingerprint density at radius 2 is 1.89 bits per heavy atom. The molecule has 1 aliphatic carbocycles. The molecule has 2 atom stereocenters. The molecule has 2 N–H and O–H groups in total. The number of hydrogen-bond acceptors (Lipinski definition) is 3. The van der Waals surface area contributed by atoms with Gasteiger partial charge in [0.1, 0.15) is 0 Å². The van der Waals surface area contributed by atoms with Gasteiger partial charge in [-0.1, -0.05) is 6.42 Å². The molecule has 2 amide bonds. The Morgan fingerprint density at radius 1 is 1.21 bits per heavy atom. The number of urea groups is 1. The fraction of sp³-hybridized carbons (Fsp3) is 0.846. The molecule has 1 aliphatic rings. The van der Waals surface area contributed by atoms with E-state index in [0.717, 1.165) is 25.8 Å². The van der Waals surface area contributed by atoms with Crippen molar-refractivity contribution in [2.45, 2.75) is 31.7 Å². The third-order valence-corrected chi connectivity index (χ3v) is 3.59. The summed E-state index contributed by atoms with van der Waals surface area (Å²) in [6, 6.07) is -0.391. The van der Waals surface area contributed by atoms with Crippen molar-refractivity contribution in [1.82, 2.24) is 15.1 Å². The van der Waals surface area contributed by atoms with Crippen LogP contribution < -0.4 is 5.32 Å². The predicted molar refractivity (Wildman–Crippen MR) is 73.1 cm³/mol. The van der Waals surface area contributed by atoms with Gasteiger partial charge in [0.2, 0.25) is 0 Å². The zero-order valence-electron chi connectivity index (χ0n) is 12.1. The number of carboxylic acids is 1. The zero-order chi connectivity index (χ0) is 14.4. The molecule has 0 spiro atoms. The summed E-state index contributed by atoms with van der Waals surface area (Å²) < 4.78 is 0. The van der Waals surface area contributed by atoms with Gasteiger partial charge in [0.05, 0.1) is 5.92 Å². The molecular weight excluding hydrogens is 246 g/mol. The van der Waals surface area contributed by atoms with Crippen LogP contribution in [-0.4, -0.2) is 67.2 Å². The Bertz CT molecular complexity index is 320. The summed E-state index contributed by atoms with van der Waals surface area (Å²) in [6.07, 6.45) is 3.19. The summed E-state index contributed by atoms with van der Waals surface area (Å²) in [5.41, 5.74) is 0. The number of hydrogen-bond donors (Lipinski definition) is 2. The molecule has 0 saturated heterocycles. The van der Waals surface area contributed by atoms with Crippen LogP contribution in [0.25, 0.3) is 0 Å². The van der Waals surface area contributed by atoms with E-state index in [9.17, 15) is 9.59 Å². The molecule has 0 aliphatic heterocycles. The minimum atomic E-state index is -0.807. The largest absolute Gasteiger partial charge is 0.481 e. The van der Waals surface area contributed by atoms with E-state index in [-0.39, 0.29) is 12.1 Å². The molecule has 6 heteroatoms. The SMILES string of the molecule is CN(C)CCCN(C)C(=O)NC1CCCC1C(=O)O. The molecule has 1 saturated carbocycles. The van der Waals surface area contributed by atoms with Gasteiger partial charge in [-0.25, -0.2) is 4.79 Å². The first-order valence-corrected chi connectivity index (χ1v) is 6.81. The van der Waals surface area contributed by atoms with Gasteiger partial charge in [-0.05, 0) is 39.9 Å². The Balaban J connectivity index is 2.35. The van der Waals surface area contributed by atoms with Crippen LogP contribution in [0.5, 0.6) is 0 Å². The van der Waals surface area contributed by atoms with Crippen molar-refractivity contribution in [1.29, 1.82) is 0 Å². The Kier molecular flexibility index (Phi) is 6.08. The summed E-state index contributed by atoms with van der Waals surface area (Å²) in [7, 11) is 5.74. The van der Waals surface area contributed by atoms with Crippen LogP contribution in [0.2, 0.25) is 0 Å². The standard InChI is InChI=1S/C13H25N3O3/c1-15(2)8-5-9-16(3)13(19)14-11-7-4-6-10(11)12(17)18/h10-11H,4-9H2,1-3H3,(H,14,19)(H,17,18). The van der Waals surface area contributed by atoms with Crippen molar-refractivity contribution in [2.24, 2.45) is 5.92 Å². The van der Waals surface area contributed by atoms with Crippen LogP contribution in [0.1, 0.15) is 25.7 Å². The Morgan fingerprint density at radius 3 is 2.47 bits per heavy atom. The number of rotatable bonds is 6. The van der Waals surface area contributed by atoms with E-state index in [4.69, 9.17) is 5.11 Å². The van der Waals surface area contributed by atoms with Crippen LogP contribution in [-0.2, 0) is 4.79 Å². The molecule has 110 valence electrons. The topological polar surface area (TPSA) is 72.9 Å². The van der Waals surface area contributed by atoms with Crippen LogP contribution in [0.15, 0.2) is 0 Å². The molecule has 0 bridgehead atoms. The Hall–Kier alpha value is -1.30. The number of carbonyl (C=O) groups excluding carboxylic acids is 1. The molecule has 0 heterocycles. The summed E-state index contributed by atoms with van der Waals surface area (Å²) >= 11 is 0. The first kappa shape index (κ1) is 15.8. The van der Waals surface area contributed by atoms with Crippen LogP contribution in [0, 0.1) is 5.92 Å². The highest BCUT2D eigenvalue weighted by Crippen LogP contribution is 2.25. The van der Waals surface area contributed by atoms with E-state index < -0.39 is 11.9 Å². The van der Waals surface area contributed by atoms with E-state index in [1.54, 1.807) is 11.9 Å². The van der Waals surface area contributed by atoms with Gasteiger partial charge in [0.25, 0.3) is 0 Å². The lowest BCUT2D eigenvalue weighted by Gasteiger charge is -2.23. The van der Waals surface area contributed by atoms with Gasteiger partial charge in [-0.2, -0.15) is 0 Å². The number of carboxylic acid groups (broad SMARTS) is 1. The molecule has 1 fully saturated rings. The average Bonchev–Trinajstić information content (AvgIpc) is 2.76. The van der Waals surface area contributed by atoms with Gasteiger partial charge in [0, 0.05) is 19.6 Å². The lowest BCUT2D eigenvalue weighted by atomic mass is 10.0. The second kappa shape index (κ2) is 7.33. The summed E-state index contributed by atoms with van der Waals surface area (Å²) in [6.45, 7) is 1.60. The summed E-state index contributed by atoms with van der Waals surface area (Å²) in [5, 5.41) is 11.9. The molecule has 0 aromatic rings. The van der Waals surface area contributed by atoms with Gasteiger partial charge < -0.3 is 20.2 Å². The maximum Gasteiger partial charge on any atom is 0.317 e. The van der Waals surface area contributed by atoms with Gasteiger partial charge in [-0.15, -0.1) is 0 Å². The van der Waals surface area contributed by atoms with Crippen molar-refractivity contribution in [3.63, 3.8) is 0 Å². The molecule has 2 unspecified atom stereocenters. The second-order valence-corrected chi connectivity index (χ2v) is 5.51. The summed E-state index contributed by atoms with van der Waals surface area (Å²) in [5.74, 6) is -1.24. The maximum atomic E-state index is 12.0. The van der Waals surface area contributed by atoms with Crippen LogP contribution >= 0.6 is 0 Å². The number of nitrogens with zero attached hydrogens (tertiary/aromatic N) is 2. The smallest absolute Gasteiger partial charge is 0.317 e. The first-order chi connectivity index (χ1) is 8.91. The fourth-order valence-electron chi connectivity index (χ4n) is 2.42. The van der Waals surface area contributed by atoms with Crippen molar-refractivity contribution < 1.29 is 14.7 Å². The summed E-state index contributed by atoms with van der Waals surface area (Å²) in [4.78, 5) is 26.7. The third-order valence-electron chi connectivity index (χ3n) is 3.59. The minimum absolute atomic E-state index is 0.170. The van der Waals surface area contributed by atoms with E-state index >= 15 is 0 Å².